The number of quaternary nitrogens is 1. The highest BCUT2D eigenvalue weighted by Crippen LogP contribution is 2.23. The molecule has 0 bridgehead atoms. The summed E-state index contributed by atoms with van der Waals surface area (Å²) in [5.41, 5.74) is 1.05. The van der Waals surface area contributed by atoms with Crippen molar-refractivity contribution in [3.05, 3.63) is 41.4 Å². The molecule has 0 saturated heterocycles. The molecule has 0 saturated carbocycles. The minimum atomic E-state index is 0.532. The van der Waals surface area contributed by atoms with Crippen LogP contribution in [0.25, 0.3) is 0 Å². The molecule has 0 radical (unpaired) electrons. The van der Waals surface area contributed by atoms with Crippen molar-refractivity contribution in [2.24, 2.45) is 0 Å². The van der Waals surface area contributed by atoms with Gasteiger partial charge >= 0.3 is 0 Å². The lowest BCUT2D eigenvalue weighted by molar-refractivity contribution is -0.657. The van der Waals surface area contributed by atoms with Crippen molar-refractivity contribution < 1.29 is 19.5 Å². The maximum Gasteiger partial charge on any atom is 0.123 e. The number of hydrogen-bond acceptors (Lipinski definition) is 3. The second-order valence-corrected chi connectivity index (χ2v) is 5.00. The first-order chi connectivity index (χ1) is 10.3. The lowest BCUT2D eigenvalue weighted by Crippen LogP contribution is -2.86. The van der Waals surface area contributed by atoms with Crippen LogP contribution in [-0.4, -0.2) is 46.6 Å². The number of halogens is 1. The average molecular weight is 315 g/mol. The van der Waals surface area contributed by atoms with Gasteiger partial charge in [-0.15, -0.1) is 6.58 Å². The predicted molar refractivity (Wildman–Crippen MR) is 85.2 cm³/mol. The Morgan fingerprint density at radius 2 is 2.00 bits per heavy atom. The minimum absolute atomic E-state index is 0.532. The molecule has 1 aromatic rings. The third-order valence-corrected chi connectivity index (χ3v) is 3.10. The van der Waals surface area contributed by atoms with Crippen LogP contribution in [-0.2, 0) is 15.9 Å². The van der Waals surface area contributed by atoms with Gasteiger partial charge in [0.1, 0.15) is 12.4 Å². The minimum Gasteiger partial charge on any atom is -0.491 e. The molecule has 0 aromatic heterocycles. The zero-order valence-corrected chi connectivity index (χ0v) is 13.4. The van der Waals surface area contributed by atoms with Gasteiger partial charge < -0.3 is 19.5 Å². The van der Waals surface area contributed by atoms with Crippen molar-refractivity contribution in [3.8, 4) is 5.75 Å². The molecule has 0 fully saturated rings. The van der Waals surface area contributed by atoms with E-state index in [2.05, 4.69) is 11.9 Å². The summed E-state index contributed by atoms with van der Waals surface area (Å²) in [5.74, 6) is 0.842. The van der Waals surface area contributed by atoms with E-state index in [0.717, 1.165) is 37.4 Å². The second kappa shape index (κ2) is 11.6. The van der Waals surface area contributed by atoms with Gasteiger partial charge in [0, 0.05) is 12.1 Å². The van der Waals surface area contributed by atoms with Gasteiger partial charge in [0.15, 0.2) is 0 Å². The SMILES string of the molecule is C=CCc1cc(Cl)ccc1OCCOCC[NH2+]CCOC. The van der Waals surface area contributed by atoms with Crippen LogP contribution in [0.3, 0.4) is 0 Å². The van der Waals surface area contributed by atoms with E-state index in [0.29, 0.717) is 24.8 Å². The van der Waals surface area contributed by atoms with Crippen LogP contribution in [0.5, 0.6) is 5.75 Å². The lowest BCUT2D eigenvalue weighted by atomic mass is 10.1. The van der Waals surface area contributed by atoms with Crippen molar-refractivity contribution >= 4 is 11.6 Å². The number of allylic oxidation sites excluding steroid dienone is 1. The van der Waals surface area contributed by atoms with Gasteiger partial charge in [0.2, 0.25) is 0 Å². The summed E-state index contributed by atoms with van der Waals surface area (Å²) in [4.78, 5) is 0. The summed E-state index contributed by atoms with van der Waals surface area (Å²) < 4.78 is 16.2. The van der Waals surface area contributed by atoms with Crippen LogP contribution in [0.1, 0.15) is 5.56 Å². The van der Waals surface area contributed by atoms with Crippen LogP contribution in [0.15, 0.2) is 30.9 Å². The number of hydrogen-bond donors (Lipinski definition) is 1. The average Bonchev–Trinajstić information content (AvgIpc) is 2.48. The van der Waals surface area contributed by atoms with Gasteiger partial charge in [-0.2, -0.15) is 0 Å². The molecule has 0 aliphatic rings. The Hall–Kier alpha value is -1.07. The summed E-state index contributed by atoms with van der Waals surface area (Å²) in [6, 6.07) is 5.62. The zero-order chi connectivity index (χ0) is 15.3. The van der Waals surface area contributed by atoms with Crippen molar-refractivity contribution in [2.75, 3.05) is 46.6 Å². The fraction of sp³-hybridized carbons (Fsp3) is 0.500. The molecule has 1 rings (SSSR count). The fourth-order valence-corrected chi connectivity index (χ4v) is 2.02. The molecule has 2 N–H and O–H groups in total. The highest BCUT2D eigenvalue weighted by atomic mass is 35.5. The summed E-state index contributed by atoms with van der Waals surface area (Å²) in [6.07, 6.45) is 2.58. The number of benzene rings is 1. The number of nitrogens with two attached hydrogens (primary N) is 1. The van der Waals surface area contributed by atoms with Crippen molar-refractivity contribution in [1.29, 1.82) is 0 Å². The third-order valence-electron chi connectivity index (χ3n) is 2.86. The maximum absolute atomic E-state index is 5.98. The van der Waals surface area contributed by atoms with Gasteiger partial charge in [-0.1, -0.05) is 17.7 Å². The molecule has 0 aliphatic heterocycles. The Balaban J connectivity index is 2.16. The van der Waals surface area contributed by atoms with Crippen molar-refractivity contribution in [2.45, 2.75) is 6.42 Å². The Labute approximate surface area is 132 Å². The smallest absolute Gasteiger partial charge is 0.123 e. The van der Waals surface area contributed by atoms with E-state index in [1.54, 1.807) is 7.11 Å². The van der Waals surface area contributed by atoms with Crippen molar-refractivity contribution in [3.63, 3.8) is 0 Å². The monoisotopic (exact) mass is 314 g/mol. The quantitative estimate of drug-likeness (QED) is 0.471. The fourth-order valence-electron chi connectivity index (χ4n) is 1.83. The van der Waals surface area contributed by atoms with E-state index in [1.165, 1.54) is 0 Å². The molecular weight excluding hydrogens is 290 g/mol. The number of ether oxygens (including phenoxy) is 3. The Bertz CT molecular complexity index is 413. The van der Waals surface area contributed by atoms with Gasteiger partial charge in [0.25, 0.3) is 0 Å². The highest BCUT2D eigenvalue weighted by Gasteiger charge is 2.03. The summed E-state index contributed by atoms with van der Waals surface area (Å²) in [6.45, 7) is 8.24. The van der Waals surface area contributed by atoms with E-state index >= 15 is 0 Å². The van der Waals surface area contributed by atoms with Gasteiger partial charge in [-0.25, -0.2) is 0 Å². The predicted octanol–water partition coefficient (Wildman–Crippen LogP) is 1.67. The molecule has 4 nitrogen and oxygen atoms in total. The lowest BCUT2D eigenvalue weighted by Gasteiger charge is -2.11. The summed E-state index contributed by atoms with van der Waals surface area (Å²) >= 11 is 5.98. The molecule has 0 heterocycles. The van der Waals surface area contributed by atoms with Crippen LogP contribution in [0, 0.1) is 0 Å². The first kappa shape index (κ1) is 18.0. The van der Waals surface area contributed by atoms with E-state index in [4.69, 9.17) is 25.8 Å². The molecule has 5 heteroatoms. The molecule has 0 spiro atoms. The molecule has 118 valence electrons. The third kappa shape index (κ3) is 8.07. The molecule has 21 heavy (non-hydrogen) atoms. The van der Waals surface area contributed by atoms with Crippen LogP contribution >= 0.6 is 11.6 Å². The summed E-state index contributed by atoms with van der Waals surface area (Å²) in [5, 5.41) is 2.88. The van der Waals surface area contributed by atoms with Gasteiger partial charge in [-0.3, -0.25) is 0 Å². The van der Waals surface area contributed by atoms with E-state index in [1.807, 2.05) is 24.3 Å². The standard InChI is InChI=1S/C16H24ClNO3/c1-3-4-14-13-15(17)5-6-16(14)21-12-11-20-10-8-18-7-9-19-2/h3,5-6,13,18H,1,4,7-12H2,2H3/p+1. The first-order valence-electron chi connectivity index (χ1n) is 7.18. The molecule has 0 atom stereocenters. The molecule has 1 aromatic carbocycles. The molecule has 0 unspecified atom stereocenters. The highest BCUT2D eigenvalue weighted by molar-refractivity contribution is 6.30. The molecule has 0 aliphatic carbocycles. The second-order valence-electron chi connectivity index (χ2n) is 4.56. The topological polar surface area (TPSA) is 44.3 Å². The van der Waals surface area contributed by atoms with Crippen LogP contribution in [0.2, 0.25) is 5.02 Å². The van der Waals surface area contributed by atoms with Gasteiger partial charge in [-0.05, 0) is 30.2 Å². The first-order valence-corrected chi connectivity index (χ1v) is 7.56. The number of methoxy groups -OCH3 is 1. The van der Waals surface area contributed by atoms with Crippen LogP contribution < -0.4 is 10.1 Å². The van der Waals surface area contributed by atoms with Crippen molar-refractivity contribution in [1.82, 2.24) is 0 Å². The zero-order valence-electron chi connectivity index (χ0n) is 12.6. The molecular formula is C16H25ClNO3+. The Kier molecular flexibility index (Phi) is 9.91. The molecule has 0 amide bonds. The number of rotatable bonds is 12. The Morgan fingerprint density at radius 3 is 2.76 bits per heavy atom. The van der Waals surface area contributed by atoms with E-state index in [-0.39, 0.29) is 0 Å². The largest absolute Gasteiger partial charge is 0.491 e. The maximum atomic E-state index is 5.98. The van der Waals surface area contributed by atoms with Crippen LogP contribution in [0.4, 0.5) is 0 Å². The normalized spacial score (nSPS) is 10.6. The van der Waals surface area contributed by atoms with E-state index < -0.39 is 0 Å². The Morgan fingerprint density at radius 1 is 1.19 bits per heavy atom. The summed E-state index contributed by atoms with van der Waals surface area (Å²) in [7, 11) is 1.71. The van der Waals surface area contributed by atoms with Gasteiger partial charge in [0.05, 0.1) is 32.9 Å². The van der Waals surface area contributed by atoms with E-state index in [9.17, 15) is 0 Å².